The first kappa shape index (κ1) is 15.3. The molecule has 2 aromatic rings. The van der Waals surface area contributed by atoms with Crippen LogP contribution < -0.4 is 5.32 Å². The van der Waals surface area contributed by atoms with E-state index in [1.54, 1.807) is 18.4 Å². The summed E-state index contributed by atoms with van der Waals surface area (Å²) in [7, 11) is 1.73. The van der Waals surface area contributed by atoms with Gasteiger partial charge in [-0.15, -0.1) is 23.1 Å². The molecule has 2 aromatic heterocycles. The van der Waals surface area contributed by atoms with E-state index < -0.39 is 0 Å². The predicted octanol–water partition coefficient (Wildman–Crippen LogP) is 2.40. The van der Waals surface area contributed by atoms with Gasteiger partial charge >= 0.3 is 0 Å². The van der Waals surface area contributed by atoms with Crippen molar-refractivity contribution < 1.29 is 9.47 Å². The molecule has 1 saturated heterocycles. The number of thiazole rings is 1. The van der Waals surface area contributed by atoms with Crippen LogP contribution in [0.25, 0.3) is 4.96 Å². The molecule has 0 unspecified atom stereocenters. The van der Waals surface area contributed by atoms with Gasteiger partial charge in [0.2, 0.25) is 0 Å². The Balaban J connectivity index is 1.71. The minimum atomic E-state index is 0.626. The molecule has 0 atom stereocenters. The van der Waals surface area contributed by atoms with Gasteiger partial charge in [0.05, 0.1) is 12.3 Å². The zero-order chi connectivity index (χ0) is 14.5. The van der Waals surface area contributed by atoms with E-state index in [1.807, 2.05) is 11.8 Å². The summed E-state index contributed by atoms with van der Waals surface area (Å²) < 4.78 is 12.7. The maximum atomic E-state index is 5.44. The second-order valence-electron chi connectivity index (χ2n) is 5.02. The quantitative estimate of drug-likeness (QED) is 0.791. The summed E-state index contributed by atoms with van der Waals surface area (Å²) in [6.07, 6.45) is 4.34. The number of fused-ring (bicyclic) bond motifs is 1. The molecule has 0 aromatic carbocycles. The zero-order valence-corrected chi connectivity index (χ0v) is 13.8. The fourth-order valence-corrected chi connectivity index (χ4v) is 4.38. The third kappa shape index (κ3) is 3.78. The largest absolute Gasteiger partial charge is 0.383 e. The molecule has 1 N–H and O–H groups in total. The van der Waals surface area contributed by atoms with Crippen molar-refractivity contribution in [3.05, 3.63) is 17.3 Å². The average Bonchev–Trinajstić information content (AvgIpc) is 3.07. The second kappa shape index (κ2) is 7.60. The summed E-state index contributed by atoms with van der Waals surface area (Å²) in [5, 5.41) is 7.31. The SMILES string of the molecule is COCCNCc1c(SC2CCOCC2)nc2sccn12. The molecule has 1 fully saturated rings. The molecule has 21 heavy (non-hydrogen) atoms. The number of nitrogens with one attached hydrogen (secondary N) is 1. The Hall–Kier alpha value is -0.600. The standard InChI is InChI=1S/C14H21N3O2S2/c1-18-8-4-15-10-12-13(16-14-17(12)5-9-20-14)21-11-2-6-19-7-3-11/h5,9,11,15H,2-4,6-8,10H2,1H3. The summed E-state index contributed by atoms with van der Waals surface area (Å²) in [5.41, 5.74) is 1.26. The Labute approximate surface area is 133 Å². The summed E-state index contributed by atoms with van der Waals surface area (Å²) in [5.74, 6) is 0. The van der Waals surface area contributed by atoms with Crippen LogP contribution in [0.15, 0.2) is 16.6 Å². The van der Waals surface area contributed by atoms with Crippen LogP contribution in [0.1, 0.15) is 18.5 Å². The highest BCUT2D eigenvalue weighted by Gasteiger charge is 2.20. The van der Waals surface area contributed by atoms with Gasteiger partial charge in [-0.2, -0.15) is 0 Å². The smallest absolute Gasteiger partial charge is 0.194 e. The maximum absolute atomic E-state index is 5.44. The molecular weight excluding hydrogens is 306 g/mol. The van der Waals surface area contributed by atoms with Crippen molar-refractivity contribution in [2.24, 2.45) is 0 Å². The molecule has 0 bridgehead atoms. The first-order valence-corrected chi connectivity index (χ1v) is 9.03. The molecule has 0 saturated carbocycles. The van der Waals surface area contributed by atoms with Crippen molar-refractivity contribution in [2.45, 2.75) is 29.7 Å². The van der Waals surface area contributed by atoms with E-state index in [1.165, 1.54) is 10.7 Å². The lowest BCUT2D eigenvalue weighted by Crippen LogP contribution is -2.20. The number of rotatable bonds is 7. The number of aromatic nitrogens is 2. The van der Waals surface area contributed by atoms with Crippen molar-refractivity contribution in [1.82, 2.24) is 14.7 Å². The Kier molecular flexibility index (Phi) is 5.54. The predicted molar refractivity (Wildman–Crippen MR) is 86.3 cm³/mol. The van der Waals surface area contributed by atoms with E-state index in [9.17, 15) is 0 Å². The summed E-state index contributed by atoms with van der Waals surface area (Å²) in [6.45, 7) is 4.17. The van der Waals surface area contributed by atoms with Gasteiger partial charge in [-0.05, 0) is 12.8 Å². The van der Waals surface area contributed by atoms with Crippen molar-refractivity contribution in [2.75, 3.05) is 33.5 Å². The molecule has 5 nitrogen and oxygen atoms in total. The molecule has 3 rings (SSSR count). The molecule has 0 radical (unpaired) electrons. The molecule has 0 amide bonds. The van der Waals surface area contributed by atoms with E-state index in [-0.39, 0.29) is 0 Å². The van der Waals surface area contributed by atoms with Crippen LogP contribution in [0.5, 0.6) is 0 Å². The highest BCUT2D eigenvalue weighted by molar-refractivity contribution is 7.99. The molecule has 116 valence electrons. The van der Waals surface area contributed by atoms with Crippen LogP contribution in [-0.4, -0.2) is 48.1 Å². The maximum Gasteiger partial charge on any atom is 0.194 e. The van der Waals surface area contributed by atoms with E-state index in [2.05, 4.69) is 21.3 Å². The monoisotopic (exact) mass is 327 g/mol. The Morgan fingerprint density at radius 1 is 1.52 bits per heavy atom. The summed E-state index contributed by atoms with van der Waals surface area (Å²) >= 11 is 3.60. The van der Waals surface area contributed by atoms with Crippen LogP contribution in [0.3, 0.4) is 0 Å². The van der Waals surface area contributed by atoms with Crippen LogP contribution >= 0.6 is 23.1 Å². The molecule has 1 aliphatic rings. The van der Waals surface area contributed by atoms with E-state index in [0.29, 0.717) is 5.25 Å². The third-order valence-electron chi connectivity index (χ3n) is 3.55. The second-order valence-corrected chi connectivity index (χ2v) is 7.18. The highest BCUT2D eigenvalue weighted by atomic mass is 32.2. The Morgan fingerprint density at radius 3 is 3.19 bits per heavy atom. The number of nitrogens with zero attached hydrogens (tertiary/aromatic N) is 2. The van der Waals surface area contributed by atoms with Crippen molar-refractivity contribution in [3.63, 3.8) is 0 Å². The molecular formula is C14H21N3O2S2. The number of ether oxygens (including phenoxy) is 2. The fraction of sp³-hybridized carbons (Fsp3) is 0.643. The zero-order valence-electron chi connectivity index (χ0n) is 12.2. The van der Waals surface area contributed by atoms with Crippen molar-refractivity contribution in [3.8, 4) is 0 Å². The molecule has 1 aliphatic heterocycles. The Bertz CT molecular complexity index is 564. The Morgan fingerprint density at radius 2 is 2.38 bits per heavy atom. The van der Waals surface area contributed by atoms with E-state index >= 15 is 0 Å². The number of thioether (sulfide) groups is 1. The van der Waals surface area contributed by atoms with Gasteiger partial charge in [-0.1, -0.05) is 0 Å². The normalized spacial score (nSPS) is 16.8. The van der Waals surface area contributed by atoms with E-state index in [4.69, 9.17) is 14.5 Å². The first-order chi connectivity index (χ1) is 10.4. The number of hydrogen-bond donors (Lipinski definition) is 1. The van der Waals surface area contributed by atoms with Gasteiger partial charge in [0.1, 0.15) is 5.03 Å². The lowest BCUT2D eigenvalue weighted by atomic mass is 10.2. The minimum Gasteiger partial charge on any atom is -0.383 e. The molecule has 0 spiro atoms. The van der Waals surface area contributed by atoms with Crippen molar-refractivity contribution in [1.29, 1.82) is 0 Å². The number of methoxy groups -OCH3 is 1. The average molecular weight is 327 g/mol. The molecule has 3 heterocycles. The summed E-state index contributed by atoms with van der Waals surface area (Å²) in [6, 6.07) is 0. The van der Waals surface area contributed by atoms with Gasteiger partial charge in [0.15, 0.2) is 4.96 Å². The fourth-order valence-electron chi connectivity index (χ4n) is 2.40. The van der Waals surface area contributed by atoms with Gasteiger partial charge < -0.3 is 14.8 Å². The van der Waals surface area contributed by atoms with Crippen LogP contribution in [-0.2, 0) is 16.0 Å². The highest BCUT2D eigenvalue weighted by Crippen LogP contribution is 2.33. The topological polar surface area (TPSA) is 47.8 Å². The lowest BCUT2D eigenvalue weighted by Gasteiger charge is -2.21. The van der Waals surface area contributed by atoms with Gasteiger partial charge in [0.25, 0.3) is 0 Å². The van der Waals surface area contributed by atoms with Crippen LogP contribution in [0, 0.1) is 0 Å². The minimum absolute atomic E-state index is 0.626. The number of hydrogen-bond acceptors (Lipinski definition) is 6. The van der Waals surface area contributed by atoms with Gasteiger partial charge in [-0.3, -0.25) is 4.40 Å². The lowest BCUT2D eigenvalue weighted by molar-refractivity contribution is 0.1000. The molecule has 0 aliphatic carbocycles. The van der Waals surface area contributed by atoms with Crippen molar-refractivity contribution >= 4 is 28.1 Å². The first-order valence-electron chi connectivity index (χ1n) is 7.27. The molecule has 7 heteroatoms. The van der Waals surface area contributed by atoms with E-state index in [0.717, 1.165) is 50.7 Å². The van der Waals surface area contributed by atoms with Crippen LogP contribution in [0.4, 0.5) is 0 Å². The van der Waals surface area contributed by atoms with Crippen LogP contribution in [0.2, 0.25) is 0 Å². The number of imidazole rings is 1. The van der Waals surface area contributed by atoms with Gasteiger partial charge in [0, 0.05) is 50.2 Å². The third-order valence-corrected chi connectivity index (χ3v) is 5.66. The van der Waals surface area contributed by atoms with Gasteiger partial charge in [-0.25, -0.2) is 4.98 Å². The summed E-state index contributed by atoms with van der Waals surface area (Å²) in [4.78, 5) is 5.87.